The fourth-order valence-corrected chi connectivity index (χ4v) is 4.80. The number of ether oxygens (including phenoxy) is 1. The molecule has 4 rings (SSSR count). The third-order valence-corrected chi connectivity index (χ3v) is 6.72. The Bertz CT molecular complexity index is 1100. The molecule has 7 nitrogen and oxygen atoms in total. The largest absolute Gasteiger partial charge is 0.379 e. The fourth-order valence-electron chi connectivity index (χ4n) is 3.90. The molecule has 3 heterocycles. The third kappa shape index (κ3) is 5.62. The fraction of sp³-hybridized carbons (Fsp3) is 0.458. The summed E-state index contributed by atoms with van der Waals surface area (Å²) in [5.41, 5.74) is 3.00. The number of thiophene rings is 1. The van der Waals surface area contributed by atoms with Crippen molar-refractivity contribution in [2.75, 3.05) is 39.4 Å². The second-order valence-electron chi connectivity index (χ2n) is 8.20. The average Bonchev–Trinajstić information content (AvgIpc) is 3.24. The van der Waals surface area contributed by atoms with Gasteiger partial charge in [-0.3, -0.25) is 19.1 Å². The average molecular weight is 455 g/mol. The minimum atomic E-state index is -0.0925. The Labute approximate surface area is 192 Å². The lowest BCUT2D eigenvalue weighted by molar-refractivity contribution is -0.121. The number of unbranched alkanes of at least 4 members (excludes halogenated alkanes) is 1. The molecule has 0 saturated carbocycles. The zero-order valence-electron chi connectivity index (χ0n) is 18.5. The van der Waals surface area contributed by atoms with Gasteiger partial charge in [0.1, 0.15) is 4.83 Å². The van der Waals surface area contributed by atoms with Gasteiger partial charge in [-0.25, -0.2) is 4.98 Å². The van der Waals surface area contributed by atoms with E-state index in [1.54, 1.807) is 10.9 Å². The number of hydrogen-bond acceptors (Lipinski definition) is 6. The smallest absolute Gasteiger partial charge is 0.262 e. The van der Waals surface area contributed by atoms with E-state index >= 15 is 0 Å². The van der Waals surface area contributed by atoms with Gasteiger partial charge in [0, 0.05) is 43.5 Å². The van der Waals surface area contributed by atoms with E-state index in [1.807, 2.05) is 36.6 Å². The number of nitrogens with zero attached hydrogens (tertiary/aromatic N) is 3. The summed E-state index contributed by atoms with van der Waals surface area (Å²) in [4.78, 5) is 32.9. The standard InChI is InChI=1S/C24H30N4O3S/c1-18-4-6-19(7-5-18)20-16-32-23-22(20)24(30)28(17-26-23)11-8-21(29)25-9-2-3-10-27-12-14-31-15-13-27/h4-7,16-17H,2-3,8-15H2,1H3,(H,25,29). The van der Waals surface area contributed by atoms with Crippen LogP contribution in [0.1, 0.15) is 24.8 Å². The maximum Gasteiger partial charge on any atom is 0.262 e. The molecule has 1 aliphatic heterocycles. The van der Waals surface area contributed by atoms with Gasteiger partial charge in [-0.1, -0.05) is 29.8 Å². The molecule has 0 radical (unpaired) electrons. The number of morpholine rings is 1. The first-order chi connectivity index (χ1) is 15.6. The summed E-state index contributed by atoms with van der Waals surface area (Å²) in [7, 11) is 0. The molecule has 1 N–H and O–H groups in total. The lowest BCUT2D eigenvalue weighted by Crippen LogP contribution is -2.37. The van der Waals surface area contributed by atoms with Gasteiger partial charge < -0.3 is 10.1 Å². The quantitative estimate of drug-likeness (QED) is 0.503. The van der Waals surface area contributed by atoms with E-state index in [1.165, 1.54) is 16.9 Å². The van der Waals surface area contributed by atoms with Crippen LogP contribution in [0.4, 0.5) is 0 Å². The van der Waals surface area contributed by atoms with Crippen LogP contribution in [0.5, 0.6) is 0 Å². The summed E-state index contributed by atoms with van der Waals surface area (Å²) in [5.74, 6) is -0.0348. The van der Waals surface area contributed by atoms with Crippen molar-refractivity contribution < 1.29 is 9.53 Å². The molecule has 1 amide bonds. The van der Waals surface area contributed by atoms with E-state index in [4.69, 9.17) is 4.74 Å². The third-order valence-electron chi connectivity index (χ3n) is 5.83. The number of aryl methyl sites for hydroxylation is 2. The zero-order chi connectivity index (χ0) is 22.3. The molecular weight excluding hydrogens is 424 g/mol. The Morgan fingerprint density at radius 2 is 1.94 bits per heavy atom. The molecule has 32 heavy (non-hydrogen) atoms. The van der Waals surface area contributed by atoms with Crippen LogP contribution in [0.15, 0.2) is 40.8 Å². The van der Waals surface area contributed by atoms with E-state index in [-0.39, 0.29) is 17.9 Å². The number of nitrogens with one attached hydrogen (secondary N) is 1. The molecule has 0 unspecified atom stereocenters. The van der Waals surface area contributed by atoms with Crippen LogP contribution in [0.25, 0.3) is 21.3 Å². The number of carbonyl (C=O) groups excluding carboxylic acids is 1. The van der Waals surface area contributed by atoms with Crippen molar-refractivity contribution in [1.29, 1.82) is 0 Å². The Balaban J connectivity index is 1.29. The number of hydrogen-bond donors (Lipinski definition) is 1. The number of aromatic nitrogens is 2. The molecule has 3 aromatic rings. The van der Waals surface area contributed by atoms with Crippen molar-refractivity contribution in [3.05, 3.63) is 51.9 Å². The maximum atomic E-state index is 13.1. The van der Waals surface area contributed by atoms with E-state index in [9.17, 15) is 9.59 Å². The van der Waals surface area contributed by atoms with Gasteiger partial charge in [-0.15, -0.1) is 11.3 Å². The van der Waals surface area contributed by atoms with Crippen LogP contribution in [-0.2, 0) is 16.1 Å². The minimum Gasteiger partial charge on any atom is -0.379 e. The van der Waals surface area contributed by atoms with Crippen LogP contribution in [0, 0.1) is 6.92 Å². The lowest BCUT2D eigenvalue weighted by Gasteiger charge is -2.26. The zero-order valence-corrected chi connectivity index (χ0v) is 19.3. The lowest BCUT2D eigenvalue weighted by atomic mass is 10.1. The number of rotatable bonds is 9. The normalized spacial score (nSPS) is 14.7. The first kappa shape index (κ1) is 22.6. The Kier molecular flexibility index (Phi) is 7.68. The molecule has 1 aliphatic rings. The molecule has 0 spiro atoms. The van der Waals surface area contributed by atoms with Crippen LogP contribution < -0.4 is 10.9 Å². The van der Waals surface area contributed by atoms with Gasteiger partial charge in [-0.2, -0.15) is 0 Å². The summed E-state index contributed by atoms with van der Waals surface area (Å²) in [6, 6.07) is 8.14. The monoisotopic (exact) mass is 454 g/mol. The highest BCUT2D eigenvalue weighted by atomic mass is 32.1. The predicted octanol–water partition coefficient (Wildman–Crippen LogP) is 3.05. The number of benzene rings is 1. The van der Waals surface area contributed by atoms with Crippen LogP contribution in [-0.4, -0.2) is 59.8 Å². The summed E-state index contributed by atoms with van der Waals surface area (Å²) in [6.45, 7) is 7.69. The summed E-state index contributed by atoms with van der Waals surface area (Å²) >= 11 is 1.47. The number of amides is 1. The number of carbonyl (C=O) groups is 1. The molecule has 0 bridgehead atoms. The van der Waals surface area contributed by atoms with Gasteiger partial charge >= 0.3 is 0 Å². The van der Waals surface area contributed by atoms with Crippen molar-refractivity contribution >= 4 is 27.5 Å². The molecule has 2 aromatic heterocycles. The molecule has 1 aromatic carbocycles. The predicted molar refractivity (Wildman–Crippen MR) is 128 cm³/mol. The SMILES string of the molecule is Cc1ccc(-c2csc3ncn(CCC(=O)NCCCCN4CCOCC4)c(=O)c23)cc1. The van der Waals surface area contributed by atoms with Crippen LogP contribution in [0.3, 0.4) is 0 Å². The van der Waals surface area contributed by atoms with Crippen molar-refractivity contribution in [1.82, 2.24) is 19.8 Å². The molecular formula is C24H30N4O3S. The number of fused-ring (bicyclic) bond motifs is 1. The summed E-state index contributed by atoms with van der Waals surface area (Å²) in [5, 5.41) is 5.58. The highest BCUT2D eigenvalue weighted by Gasteiger charge is 2.14. The van der Waals surface area contributed by atoms with Crippen molar-refractivity contribution in [2.24, 2.45) is 0 Å². The summed E-state index contributed by atoms with van der Waals surface area (Å²) in [6.07, 6.45) is 3.82. The van der Waals surface area contributed by atoms with Crippen LogP contribution in [0.2, 0.25) is 0 Å². The second kappa shape index (κ2) is 10.8. The first-order valence-corrected chi connectivity index (χ1v) is 12.1. The Hall–Kier alpha value is -2.55. The van der Waals surface area contributed by atoms with Gasteiger partial charge in [0.15, 0.2) is 0 Å². The molecule has 8 heteroatoms. The van der Waals surface area contributed by atoms with Crippen LogP contribution >= 0.6 is 11.3 Å². The minimum absolute atomic E-state index is 0.0348. The van der Waals surface area contributed by atoms with E-state index in [0.717, 1.165) is 61.6 Å². The molecule has 1 fully saturated rings. The van der Waals surface area contributed by atoms with Crippen molar-refractivity contribution in [3.8, 4) is 11.1 Å². The highest BCUT2D eigenvalue weighted by molar-refractivity contribution is 7.17. The molecule has 0 aliphatic carbocycles. The highest BCUT2D eigenvalue weighted by Crippen LogP contribution is 2.30. The molecule has 170 valence electrons. The van der Waals surface area contributed by atoms with Gasteiger partial charge in [-0.05, 0) is 31.9 Å². The second-order valence-corrected chi connectivity index (χ2v) is 9.06. The molecule has 0 atom stereocenters. The van der Waals surface area contributed by atoms with E-state index in [2.05, 4.69) is 15.2 Å². The Morgan fingerprint density at radius 1 is 1.16 bits per heavy atom. The van der Waals surface area contributed by atoms with Gasteiger partial charge in [0.2, 0.25) is 5.91 Å². The van der Waals surface area contributed by atoms with Crippen molar-refractivity contribution in [3.63, 3.8) is 0 Å². The van der Waals surface area contributed by atoms with Gasteiger partial charge in [0.25, 0.3) is 5.56 Å². The summed E-state index contributed by atoms with van der Waals surface area (Å²) < 4.78 is 6.90. The maximum absolute atomic E-state index is 13.1. The topological polar surface area (TPSA) is 76.5 Å². The molecule has 1 saturated heterocycles. The van der Waals surface area contributed by atoms with E-state index < -0.39 is 0 Å². The Morgan fingerprint density at radius 3 is 2.72 bits per heavy atom. The van der Waals surface area contributed by atoms with E-state index in [0.29, 0.717) is 18.5 Å². The van der Waals surface area contributed by atoms with Gasteiger partial charge in [0.05, 0.1) is 24.9 Å². The first-order valence-electron chi connectivity index (χ1n) is 11.2. The van der Waals surface area contributed by atoms with Crippen molar-refractivity contribution in [2.45, 2.75) is 32.7 Å².